The van der Waals surface area contributed by atoms with Crippen LogP contribution >= 0.6 is 0 Å². The Balaban J connectivity index is 1.88. The summed E-state index contributed by atoms with van der Waals surface area (Å²) in [6.45, 7) is 6.25. The largest absolute Gasteiger partial charge is 0.497 e. The lowest BCUT2D eigenvalue weighted by atomic mass is 10.1. The molecule has 1 aliphatic rings. The van der Waals surface area contributed by atoms with Gasteiger partial charge < -0.3 is 19.7 Å². The second kappa shape index (κ2) is 10.5. The highest BCUT2D eigenvalue weighted by molar-refractivity contribution is 7.91. The number of nitrogens with one attached hydrogen (secondary N) is 1. The maximum atomic E-state index is 11.6. The quantitative estimate of drug-likeness (QED) is 0.500. The van der Waals surface area contributed by atoms with Gasteiger partial charge in [-0.1, -0.05) is 6.92 Å². The monoisotopic (exact) mass is 412 g/mol. The summed E-state index contributed by atoms with van der Waals surface area (Å²) in [5, 5.41) is 3.17. The SMILES string of the molecule is CCS(=O)(=O)CCNC(=NC)N1CCN(Cc2cc(OC)ccc2OC)CC1. The maximum Gasteiger partial charge on any atom is 0.193 e. The van der Waals surface area contributed by atoms with E-state index in [0.29, 0.717) is 6.54 Å². The minimum atomic E-state index is -2.98. The number of benzene rings is 1. The first kappa shape index (κ1) is 22.3. The Hall–Kier alpha value is -2.00. The lowest BCUT2D eigenvalue weighted by Crippen LogP contribution is -2.52. The molecule has 1 aromatic rings. The van der Waals surface area contributed by atoms with Crippen molar-refractivity contribution in [1.82, 2.24) is 15.1 Å². The van der Waals surface area contributed by atoms with E-state index in [2.05, 4.69) is 20.1 Å². The van der Waals surface area contributed by atoms with Crippen molar-refractivity contribution in [3.05, 3.63) is 23.8 Å². The molecular formula is C19H32N4O4S. The summed E-state index contributed by atoms with van der Waals surface area (Å²) in [4.78, 5) is 8.83. The molecule has 9 heteroatoms. The summed E-state index contributed by atoms with van der Waals surface area (Å²) >= 11 is 0. The van der Waals surface area contributed by atoms with Crippen molar-refractivity contribution >= 4 is 15.8 Å². The first-order chi connectivity index (χ1) is 13.4. The smallest absolute Gasteiger partial charge is 0.193 e. The Labute approximate surface area is 168 Å². The molecule has 158 valence electrons. The summed E-state index contributed by atoms with van der Waals surface area (Å²) in [6.07, 6.45) is 0. The topological polar surface area (TPSA) is 83.5 Å². The fourth-order valence-electron chi connectivity index (χ4n) is 3.16. The molecule has 0 unspecified atom stereocenters. The molecule has 28 heavy (non-hydrogen) atoms. The molecule has 0 aliphatic carbocycles. The summed E-state index contributed by atoms with van der Waals surface area (Å²) in [5.41, 5.74) is 1.10. The second-order valence-electron chi connectivity index (χ2n) is 6.65. The molecule has 0 amide bonds. The zero-order chi connectivity index (χ0) is 20.6. The summed E-state index contributed by atoms with van der Waals surface area (Å²) < 4.78 is 34.1. The number of nitrogens with zero attached hydrogens (tertiary/aromatic N) is 3. The van der Waals surface area contributed by atoms with Crippen molar-refractivity contribution in [2.45, 2.75) is 13.5 Å². The van der Waals surface area contributed by atoms with Crippen LogP contribution in [0.2, 0.25) is 0 Å². The lowest BCUT2D eigenvalue weighted by Gasteiger charge is -2.36. The highest BCUT2D eigenvalue weighted by Gasteiger charge is 2.21. The molecule has 1 N–H and O–H groups in total. The Kier molecular flexibility index (Phi) is 8.37. The molecule has 1 saturated heterocycles. The fraction of sp³-hybridized carbons (Fsp3) is 0.632. The Morgan fingerprint density at radius 1 is 1.18 bits per heavy atom. The fourth-order valence-corrected chi connectivity index (χ4v) is 3.86. The van der Waals surface area contributed by atoms with Gasteiger partial charge in [0.1, 0.15) is 11.5 Å². The van der Waals surface area contributed by atoms with Crippen LogP contribution in [0.25, 0.3) is 0 Å². The highest BCUT2D eigenvalue weighted by Crippen LogP contribution is 2.25. The van der Waals surface area contributed by atoms with E-state index in [1.165, 1.54) is 0 Å². The molecular weight excluding hydrogens is 380 g/mol. The molecule has 0 spiro atoms. The molecule has 0 atom stereocenters. The van der Waals surface area contributed by atoms with Crippen molar-refractivity contribution in [3.63, 3.8) is 0 Å². The number of piperazine rings is 1. The highest BCUT2D eigenvalue weighted by atomic mass is 32.2. The predicted octanol–water partition coefficient (Wildman–Crippen LogP) is 0.832. The molecule has 1 fully saturated rings. The van der Waals surface area contributed by atoms with Crippen molar-refractivity contribution in [1.29, 1.82) is 0 Å². The van der Waals surface area contributed by atoms with Gasteiger partial charge in [0.15, 0.2) is 15.8 Å². The van der Waals surface area contributed by atoms with Crippen LogP contribution in [0.3, 0.4) is 0 Å². The minimum Gasteiger partial charge on any atom is -0.497 e. The Morgan fingerprint density at radius 2 is 1.89 bits per heavy atom. The van der Waals surface area contributed by atoms with E-state index in [-0.39, 0.29) is 11.5 Å². The van der Waals surface area contributed by atoms with E-state index in [1.807, 2.05) is 18.2 Å². The third kappa shape index (κ3) is 6.27. The van der Waals surface area contributed by atoms with Crippen molar-refractivity contribution in [2.24, 2.45) is 4.99 Å². The minimum absolute atomic E-state index is 0.123. The van der Waals surface area contributed by atoms with Gasteiger partial charge in [0.25, 0.3) is 0 Å². The van der Waals surface area contributed by atoms with Gasteiger partial charge in [-0.25, -0.2) is 8.42 Å². The van der Waals surface area contributed by atoms with E-state index in [0.717, 1.165) is 55.7 Å². The molecule has 1 aromatic carbocycles. The van der Waals surface area contributed by atoms with Gasteiger partial charge >= 0.3 is 0 Å². The van der Waals surface area contributed by atoms with Gasteiger partial charge in [-0.2, -0.15) is 0 Å². The molecule has 1 heterocycles. The molecule has 8 nitrogen and oxygen atoms in total. The third-order valence-corrected chi connectivity index (χ3v) is 6.61. The average molecular weight is 413 g/mol. The molecule has 0 saturated carbocycles. The van der Waals surface area contributed by atoms with Crippen LogP contribution in [0.1, 0.15) is 12.5 Å². The number of methoxy groups -OCH3 is 2. The summed E-state index contributed by atoms with van der Waals surface area (Å²) in [6, 6.07) is 5.84. The van der Waals surface area contributed by atoms with Gasteiger partial charge in [0.2, 0.25) is 0 Å². The Morgan fingerprint density at radius 3 is 2.46 bits per heavy atom. The van der Waals surface area contributed by atoms with Crippen molar-refractivity contribution < 1.29 is 17.9 Å². The first-order valence-corrected chi connectivity index (χ1v) is 11.3. The summed E-state index contributed by atoms with van der Waals surface area (Å²) in [7, 11) is 2.09. The van der Waals surface area contributed by atoms with Crippen LogP contribution in [0.15, 0.2) is 23.2 Å². The van der Waals surface area contributed by atoms with Gasteiger partial charge in [-0.15, -0.1) is 0 Å². The van der Waals surface area contributed by atoms with Gasteiger partial charge in [-0.05, 0) is 18.2 Å². The third-order valence-electron chi connectivity index (χ3n) is 4.90. The zero-order valence-electron chi connectivity index (χ0n) is 17.3. The normalized spacial score (nSPS) is 16.1. The van der Waals surface area contributed by atoms with Crippen LogP contribution in [-0.4, -0.2) is 89.7 Å². The number of guanidine groups is 1. The number of sulfone groups is 1. The molecule has 0 aromatic heterocycles. The first-order valence-electron chi connectivity index (χ1n) is 9.51. The van der Waals surface area contributed by atoms with E-state index < -0.39 is 9.84 Å². The van der Waals surface area contributed by atoms with Crippen LogP contribution < -0.4 is 14.8 Å². The van der Waals surface area contributed by atoms with E-state index in [1.54, 1.807) is 28.2 Å². The lowest BCUT2D eigenvalue weighted by molar-refractivity contribution is 0.171. The van der Waals surface area contributed by atoms with E-state index in [4.69, 9.17) is 9.47 Å². The second-order valence-corrected chi connectivity index (χ2v) is 9.12. The van der Waals surface area contributed by atoms with Crippen LogP contribution in [0.4, 0.5) is 0 Å². The number of rotatable bonds is 8. The number of ether oxygens (including phenoxy) is 2. The van der Waals surface area contributed by atoms with Gasteiger partial charge in [0.05, 0.1) is 20.0 Å². The molecule has 0 radical (unpaired) electrons. The van der Waals surface area contributed by atoms with E-state index in [9.17, 15) is 8.42 Å². The predicted molar refractivity (Wildman–Crippen MR) is 112 cm³/mol. The average Bonchev–Trinajstić information content (AvgIpc) is 2.72. The van der Waals surface area contributed by atoms with Crippen LogP contribution in [0, 0.1) is 0 Å². The molecule has 0 bridgehead atoms. The van der Waals surface area contributed by atoms with Crippen LogP contribution in [0.5, 0.6) is 11.5 Å². The van der Waals surface area contributed by atoms with Crippen molar-refractivity contribution in [3.8, 4) is 11.5 Å². The molecule has 2 rings (SSSR count). The number of aliphatic imine (C=N–C) groups is 1. The number of hydrogen-bond acceptors (Lipinski definition) is 6. The standard InChI is InChI=1S/C19H32N4O4S/c1-5-28(24,25)13-8-21-19(20-2)23-11-9-22(10-12-23)15-16-14-17(26-3)6-7-18(16)27-4/h6-7,14H,5,8-13,15H2,1-4H3,(H,20,21). The molecule has 1 aliphatic heterocycles. The number of hydrogen-bond donors (Lipinski definition) is 1. The van der Waals surface area contributed by atoms with Crippen LogP contribution in [-0.2, 0) is 16.4 Å². The maximum absolute atomic E-state index is 11.6. The van der Waals surface area contributed by atoms with Crippen molar-refractivity contribution in [2.75, 3.05) is 65.5 Å². The Bertz CT molecular complexity index is 759. The summed E-state index contributed by atoms with van der Waals surface area (Å²) in [5.74, 6) is 2.72. The van der Waals surface area contributed by atoms with Gasteiger partial charge in [-0.3, -0.25) is 9.89 Å². The van der Waals surface area contributed by atoms with Gasteiger partial charge in [0, 0.05) is 57.6 Å². The van der Waals surface area contributed by atoms with E-state index >= 15 is 0 Å². The zero-order valence-corrected chi connectivity index (χ0v) is 18.1.